The predicted molar refractivity (Wildman–Crippen MR) is 117 cm³/mol. The number of piperazine rings is 1. The molecule has 9 nitrogen and oxygen atoms in total. The van der Waals surface area contributed by atoms with E-state index in [4.69, 9.17) is 10.7 Å². The lowest BCUT2D eigenvalue weighted by Crippen LogP contribution is -2.56. The molecule has 2 atom stereocenters. The molecule has 10 heteroatoms. The van der Waals surface area contributed by atoms with Crippen molar-refractivity contribution in [2.45, 2.75) is 18.4 Å². The highest BCUT2D eigenvalue weighted by Crippen LogP contribution is 2.29. The predicted octanol–water partition coefficient (Wildman–Crippen LogP) is 0.922. The summed E-state index contributed by atoms with van der Waals surface area (Å²) >= 11 is 0. The minimum atomic E-state index is -0.783. The smallest absolute Gasteiger partial charge is 0.234 e. The lowest BCUT2D eigenvalue weighted by atomic mass is 9.89. The second kappa shape index (κ2) is 9.56. The fourth-order valence-electron chi connectivity index (χ4n) is 3.85. The van der Waals surface area contributed by atoms with Gasteiger partial charge in [-0.1, -0.05) is 18.2 Å². The number of aromatic nitrogens is 3. The van der Waals surface area contributed by atoms with Gasteiger partial charge in [0.05, 0.1) is 30.4 Å². The van der Waals surface area contributed by atoms with Crippen molar-refractivity contribution in [2.24, 2.45) is 5.73 Å². The van der Waals surface area contributed by atoms with Gasteiger partial charge in [0.25, 0.3) is 0 Å². The molecule has 3 heterocycles. The Bertz CT molecular complexity index is 1100. The zero-order chi connectivity index (χ0) is 22.5. The number of carbonyl (C=O) groups excluding carboxylic acids is 2. The highest BCUT2D eigenvalue weighted by Gasteiger charge is 2.34. The second-order valence-electron chi connectivity index (χ2n) is 7.61. The number of pyridine rings is 1. The largest absolute Gasteiger partial charge is 0.369 e. The molecular weight excluding hydrogens is 413 g/mol. The summed E-state index contributed by atoms with van der Waals surface area (Å²) in [4.78, 5) is 29.0. The Balaban J connectivity index is 1.63. The molecule has 166 valence electrons. The van der Waals surface area contributed by atoms with Crippen LogP contribution in [0.15, 0.2) is 48.8 Å². The van der Waals surface area contributed by atoms with Crippen LogP contribution in [0.2, 0.25) is 0 Å². The number of H-pyrrole nitrogens is 1. The summed E-state index contributed by atoms with van der Waals surface area (Å²) in [6.45, 7) is 1.06. The van der Waals surface area contributed by atoms with E-state index >= 15 is 0 Å². The molecule has 0 bridgehead atoms. The molecule has 3 aromatic rings. The number of carbonyl (C=O) groups is 2. The second-order valence-corrected chi connectivity index (χ2v) is 7.61. The Morgan fingerprint density at radius 1 is 1.31 bits per heavy atom. The van der Waals surface area contributed by atoms with E-state index in [0.29, 0.717) is 36.6 Å². The number of rotatable bonds is 8. The first-order valence-electron chi connectivity index (χ1n) is 10.3. The number of hydrogen-bond donors (Lipinski definition) is 5. The van der Waals surface area contributed by atoms with Gasteiger partial charge in [-0.2, -0.15) is 5.10 Å². The monoisotopic (exact) mass is 437 g/mol. The molecular formula is C22H24FN7O2. The summed E-state index contributed by atoms with van der Waals surface area (Å²) in [5.41, 5.74) is 8.61. The van der Waals surface area contributed by atoms with Crippen molar-refractivity contribution in [3.63, 3.8) is 0 Å². The van der Waals surface area contributed by atoms with Crippen LogP contribution in [0.4, 0.5) is 10.2 Å². The van der Waals surface area contributed by atoms with E-state index in [-0.39, 0.29) is 18.3 Å². The van der Waals surface area contributed by atoms with E-state index in [1.165, 1.54) is 12.1 Å². The van der Waals surface area contributed by atoms with Crippen LogP contribution in [0.5, 0.6) is 0 Å². The fourth-order valence-corrected chi connectivity index (χ4v) is 3.85. The van der Waals surface area contributed by atoms with Gasteiger partial charge in [0, 0.05) is 30.4 Å². The quantitative estimate of drug-likeness (QED) is 0.355. The van der Waals surface area contributed by atoms with Gasteiger partial charge in [0.2, 0.25) is 11.8 Å². The zero-order valence-corrected chi connectivity index (χ0v) is 17.3. The van der Waals surface area contributed by atoms with E-state index in [1.54, 1.807) is 30.6 Å². The maximum Gasteiger partial charge on any atom is 0.234 e. The topological polar surface area (TPSA) is 138 Å². The minimum absolute atomic E-state index is 0.193. The Morgan fingerprint density at radius 2 is 2.19 bits per heavy atom. The van der Waals surface area contributed by atoms with Crippen LogP contribution in [0.3, 0.4) is 0 Å². The van der Waals surface area contributed by atoms with E-state index in [1.807, 2.05) is 6.07 Å². The number of primary amides is 1. The molecule has 1 aliphatic rings. The molecule has 2 aromatic heterocycles. The lowest BCUT2D eigenvalue weighted by Gasteiger charge is -2.31. The summed E-state index contributed by atoms with van der Waals surface area (Å²) in [7, 11) is 0. The van der Waals surface area contributed by atoms with Crippen LogP contribution in [-0.4, -0.2) is 52.7 Å². The molecule has 0 aliphatic carbocycles. The van der Waals surface area contributed by atoms with Crippen LogP contribution < -0.4 is 21.7 Å². The van der Waals surface area contributed by atoms with Crippen molar-refractivity contribution >= 4 is 17.6 Å². The number of aromatic amines is 1. The molecule has 4 rings (SSSR count). The Morgan fingerprint density at radius 3 is 2.91 bits per heavy atom. The van der Waals surface area contributed by atoms with Gasteiger partial charge in [0.1, 0.15) is 11.6 Å². The number of benzene rings is 1. The molecule has 0 spiro atoms. The summed E-state index contributed by atoms with van der Waals surface area (Å²) < 4.78 is 13.5. The van der Waals surface area contributed by atoms with Crippen LogP contribution >= 0.6 is 0 Å². The Kier molecular flexibility index (Phi) is 6.41. The molecule has 0 radical (unpaired) electrons. The van der Waals surface area contributed by atoms with E-state index in [9.17, 15) is 14.0 Å². The Labute approximate surface area is 184 Å². The average molecular weight is 437 g/mol. The number of nitrogens with zero attached hydrogens (tertiary/aromatic N) is 2. The molecule has 1 aliphatic heterocycles. The van der Waals surface area contributed by atoms with Crippen LogP contribution in [0, 0.1) is 5.82 Å². The van der Waals surface area contributed by atoms with Gasteiger partial charge in [-0.05, 0) is 30.2 Å². The van der Waals surface area contributed by atoms with Crippen molar-refractivity contribution in [1.82, 2.24) is 25.8 Å². The van der Waals surface area contributed by atoms with Crippen LogP contribution in [0.1, 0.15) is 17.0 Å². The van der Waals surface area contributed by atoms with Crippen molar-refractivity contribution in [3.05, 3.63) is 65.7 Å². The molecule has 2 unspecified atom stereocenters. The van der Waals surface area contributed by atoms with Gasteiger partial charge in [-0.3, -0.25) is 14.7 Å². The van der Waals surface area contributed by atoms with Crippen molar-refractivity contribution in [2.75, 3.05) is 25.0 Å². The van der Waals surface area contributed by atoms with Crippen molar-refractivity contribution < 1.29 is 14.0 Å². The lowest BCUT2D eigenvalue weighted by molar-refractivity contribution is -0.124. The van der Waals surface area contributed by atoms with Gasteiger partial charge in [-0.25, -0.2) is 9.37 Å². The first-order valence-corrected chi connectivity index (χ1v) is 10.3. The van der Waals surface area contributed by atoms with Crippen molar-refractivity contribution in [3.8, 4) is 11.3 Å². The van der Waals surface area contributed by atoms with Gasteiger partial charge >= 0.3 is 0 Å². The maximum absolute atomic E-state index is 13.5. The number of anilines is 1. The fraction of sp³-hybridized carbons (Fsp3) is 0.273. The third-order valence-electron chi connectivity index (χ3n) is 5.36. The number of nitrogens with two attached hydrogens (primary N) is 1. The molecule has 0 saturated carbocycles. The summed E-state index contributed by atoms with van der Waals surface area (Å²) in [6, 6.07) is 9.45. The number of nitrogens with one attached hydrogen (secondary N) is 4. The van der Waals surface area contributed by atoms with E-state index in [0.717, 1.165) is 11.1 Å². The van der Waals surface area contributed by atoms with E-state index in [2.05, 4.69) is 26.1 Å². The van der Waals surface area contributed by atoms with Crippen LogP contribution in [-0.2, 0) is 16.0 Å². The molecule has 1 fully saturated rings. The Hall–Kier alpha value is -3.79. The third-order valence-corrected chi connectivity index (χ3v) is 5.36. The number of amides is 2. The molecule has 1 saturated heterocycles. The highest BCUT2D eigenvalue weighted by atomic mass is 19.1. The minimum Gasteiger partial charge on any atom is -0.369 e. The normalized spacial score (nSPS) is 16.9. The van der Waals surface area contributed by atoms with E-state index < -0.39 is 17.9 Å². The SMILES string of the molecule is NC(=O)C(c1ccc(-c2cn[nH]c2)nc1NCCc1cccc(F)c1)C1CNCC(=O)N1. The molecule has 6 N–H and O–H groups in total. The maximum atomic E-state index is 13.5. The summed E-state index contributed by atoms with van der Waals surface area (Å²) in [6.07, 6.45) is 3.92. The van der Waals surface area contributed by atoms with Gasteiger partial charge in [-0.15, -0.1) is 0 Å². The first-order chi connectivity index (χ1) is 15.5. The molecule has 2 amide bonds. The molecule has 32 heavy (non-hydrogen) atoms. The van der Waals surface area contributed by atoms with Gasteiger partial charge < -0.3 is 21.7 Å². The standard InChI is InChI=1S/C22H24FN7O2/c23-15-3-1-2-13(8-15)6-7-26-22-16(4-5-17(30-22)14-9-27-28-10-14)20(21(24)32)18-11-25-12-19(31)29-18/h1-5,8-10,18,20,25H,6-7,11-12H2,(H2,24,32)(H,26,30)(H,27,28)(H,29,31). The average Bonchev–Trinajstić information content (AvgIpc) is 3.30. The zero-order valence-electron chi connectivity index (χ0n) is 17.3. The summed E-state index contributed by atoms with van der Waals surface area (Å²) in [5.74, 6) is -1.36. The first kappa shape index (κ1) is 21.4. The summed E-state index contributed by atoms with van der Waals surface area (Å²) in [5, 5.41) is 15.8. The molecule has 1 aromatic carbocycles. The third kappa shape index (κ3) is 4.92. The van der Waals surface area contributed by atoms with Gasteiger partial charge in [0.15, 0.2) is 0 Å². The highest BCUT2D eigenvalue weighted by molar-refractivity contribution is 5.87. The van der Waals surface area contributed by atoms with Crippen molar-refractivity contribution in [1.29, 1.82) is 0 Å². The number of hydrogen-bond acceptors (Lipinski definition) is 6. The van der Waals surface area contributed by atoms with Crippen LogP contribution in [0.25, 0.3) is 11.3 Å². The number of halogens is 1.